The first-order chi connectivity index (χ1) is 11.2. The highest BCUT2D eigenvalue weighted by atomic mass is 35.5. The van der Waals surface area contributed by atoms with Crippen molar-refractivity contribution < 1.29 is 15.0 Å². The second-order valence-corrected chi connectivity index (χ2v) is 8.46. The topological polar surface area (TPSA) is 60.8 Å². The van der Waals surface area contributed by atoms with E-state index in [0.29, 0.717) is 41.9 Å². The van der Waals surface area contributed by atoms with Gasteiger partial charge in [0.2, 0.25) is 0 Å². The van der Waals surface area contributed by atoms with E-state index in [1.165, 1.54) is 4.90 Å². The van der Waals surface area contributed by atoms with Crippen molar-refractivity contribution in [3.05, 3.63) is 33.8 Å². The van der Waals surface area contributed by atoms with E-state index in [4.69, 9.17) is 23.2 Å². The highest BCUT2D eigenvalue weighted by molar-refractivity contribution is 6.42. The number of benzene rings is 1. The molecule has 6 heteroatoms. The summed E-state index contributed by atoms with van der Waals surface area (Å²) < 4.78 is 0. The molecule has 0 bridgehead atoms. The average molecular weight is 372 g/mol. The van der Waals surface area contributed by atoms with Crippen molar-refractivity contribution in [1.82, 2.24) is 4.90 Å². The molecule has 0 radical (unpaired) electrons. The minimum atomic E-state index is -0.916. The van der Waals surface area contributed by atoms with Crippen molar-refractivity contribution in [2.75, 3.05) is 13.1 Å². The van der Waals surface area contributed by atoms with Gasteiger partial charge in [0.05, 0.1) is 16.1 Å². The van der Waals surface area contributed by atoms with E-state index in [-0.39, 0.29) is 5.41 Å². The lowest BCUT2D eigenvalue weighted by Crippen LogP contribution is -2.49. The predicted molar refractivity (Wildman–Crippen MR) is 94.9 cm³/mol. The Morgan fingerprint density at radius 3 is 2.62 bits per heavy atom. The van der Waals surface area contributed by atoms with Crippen LogP contribution in [0.1, 0.15) is 38.7 Å². The third-order valence-corrected chi connectivity index (χ3v) is 6.54. The van der Waals surface area contributed by atoms with Crippen LogP contribution in [0.5, 0.6) is 0 Å². The Kier molecular flexibility index (Phi) is 4.52. The van der Waals surface area contributed by atoms with Crippen molar-refractivity contribution in [3.8, 4) is 0 Å². The van der Waals surface area contributed by atoms with Crippen LogP contribution in [0.25, 0.3) is 0 Å². The quantitative estimate of drug-likeness (QED) is 0.823. The summed E-state index contributed by atoms with van der Waals surface area (Å²) in [4.78, 5) is 12.9. The van der Waals surface area contributed by atoms with Gasteiger partial charge in [-0.3, -0.25) is 0 Å². The maximum atomic E-state index is 11.5. The summed E-state index contributed by atoms with van der Waals surface area (Å²) >= 11 is 12.2. The second-order valence-electron chi connectivity index (χ2n) is 7.64. The lowest BCUT2D eigenvalue weighted by atomic mass is 9.76. The fourth-order valence-corrected chi connectivity index (χ4v) is 4.79. The number of halogens is 2. The zero-order chi connectivity index (χ0) is 17.7. The van der Waals surface area contributed by atoms with E-state index in [0.717, 1.165) is 12.0 Å². The number of carboxylic acid groups (broad SMARTS) is 1. The number of fused-ring (bicyclic) bond motifs is 1. The molecule has 3 rings (SSSR count). The molecular formula is C18H23Cl2NO3. The summed E-state index contributed by atoms with van der Waals surface area (Å²) in [6.45, 7) is 4.99. The van der Waals surface area contributed by atoms with Crippen LogP contribution in [-0.4, -0.2) is 40.4 Å². The van der Waals surface area contributed by atoms with Crippen LogP contribution >= 0.6 is 23.2 Å². The number of carbonyl (C=O) groups is 1. The summed E-state index contributed by atoms with van der Waals surface area (Å²) in [6.07, 6.45) is 0.702. The van der Waals surface area contributed by atoms with E-state index in [1.54, 1.807) is 6.07 Å². The average Bonchev–Trinajstić information content (AvgIpc) is 3.20. The van der Waals surface area contributed by atoms with Gasteiger partial charge in [-0.15, -0.1) is 0 Å². The Bertz CT molecular complexity index is 666. The molecule has 132 valence electrons. The van der Waals surface area contributed by atoms with E-state index < -0.39 is 17.6 Å². The Labute approximate surface area is 152 Å². The molecule has 1 saturated heterocycles. The number of amides is 1. The molecule has 24 heavy (non-hydrogen) atoms. The van der Waals surface area contributed by atoms with E-state index in [2.05, 4.69) is 13.8 Å². The van der Waals surface area contributed by atoms with Crippen molar-refractivity contribution in [3.63, 3.8) is 0 Å². The summed E-state index contributed by atoms with van der Waals surface area (Å²) in [5, 5.41) is 21.3. The first-order valence-electron chi connectivity index (χ1n) is 8.33. The normalized spacial score (nSPS) is 30.2. The van der Waals surface area contributed by atoms with Crippen molar-refractivity contribution in [1.29, 1.82) is 0 Å². The molecule has 2 N–H and O–H groups in total. The summed E-state index contributed by atoms with van der Waals surface area (Å²) in [6, 6.07) is 5.63. The van der Waals surface area contributed by atoms with Gasteiger partial charge in [-0.25, -0.2) is 4.79 Å². The number of hydrogen-bond donors (Lipinski definition) is 2. The zero-order valence-corrected chi connectivity index (χ0v) is 15.4. The molecule has 1 heterocycles. The summed E-state index contributed by atoms with van der Waals surface area (Å²) in [7, 11) is 0. The van der Waals surface area contributed by atoms with Gasteiger partial charge in [-0.05, 0) is 42.9 Å². The van der Waals surface area contributed by atoms with Crippen LogP contribution < -0.4 is 0 Å². The molecule has 0 aromatic heterocycles. The number of hydrogen-bond acceptors (Lipinski definition) is 2. The molecule has 1 saturated carbocycles. The minimum absolute atomic E-state index is 0.207. The molecule has 1 aliphatic carbocycles. The van der Waals surface area contributed by atoms with Crippen LogP contribution in [0, 0.1) is 11.3 Å². The van der Waals surface area contributed by atoms with Crippen molar-refractivity contribution in [2.24, 2.45) is 11.3 Å². The number of rotatable bonds is 4. The van der Waals surface area contributed by atoms with Crippen LogP contribution in [0.4, 0.5) is 4.79 Å². The molecule has 1 amide bonds. The van der Waals surface area contributed by atoms with Crippen LogP contribution in [0.15, 0.2) is 18.2 Å². The summed E-state index contributed by atoms with van der Waals surface area (Å²) in [5.74, 6) is 0.349. The Hall–Kier alpha value is -0.970. The van der Waals surface area contributed by atoms with Gasteiger partial charge in [0.25, 0.3) is 0 Å². The molecule has 1 unspecified atom stereocenters. The maximum absolute atomic E-state index is 11.5. The minimum Gasteiger partial charge on any atom is -0.465 e. The van der Waals surface area contributed by atoms with Gasteiger partial charge in [0.15, 0.2) is 0 Å². The highest BCUT2D eigenvalue weighted by Crippen LogP contribution is 2.71. The number of aliphatic hydroxyl groups excluding tert-OH is 1. The lowest BCUT2D eigenvalue weighted by Gasteiger charge is -2.40. The Morgan fingerprint density at radius 1 is 1.33 bits per heavy atom. The van der Waals surface area contributed by atoms with E-state index >= 15 is 0 Å². The molecule has 3 atom stereocenters. The van der Waals surface area contributed by atoms with Gasteiger partial charge >= 0.3 is 6.09 Å². The smallest absolute Gasteiger partial charge is 0.407 e. The number of aliphatic hydroxyl groups is 1. The number of likely N-dealkylation sites (tertiary alicyclic amines) is 1. The second kappa shape index (κ2) is 6.08. The van der Waals surface area contributed by atoms with Gasteiger partial charge in [-0.2, -0.15) is 0 Å². The first kappa shape index (κ1) is 17.8. The SMILES string of the molecule is CC(C)CC(O)[C@]12CN(C(=O)O)CC[C@@]1(c1ccc(Cl)c(Cl)c1)C2. The number of nitrogens with zero attached hydrogens (tertiary/aromatic N) is 1. The van der Waals surface area contributed by atoms with Crippen molar-refractivity contribution in [2.45, 2.75) is 44.6 Å². The monoisotopic (exact) mass is 371 g/mol. The molecule has 2 fully saturated rings. The fourth-order valence-electron chi connectivity index (χ4n) is 4.49. The zero-order valence-electron chi connectivity index (χ0n) is 13.9. The summed E-state index contributed by atoms with van der Waals surface area (Å²) in [5.41, 5.74) is 0.428. The lowest BCUT2D eigenvalue weighted by molar-refractivity contribution is 0.0169. The molecule has 4 nitrogen and oxygen atoms in total. The van der Waals surface area contributed by atoms with Crippen LogP contribution in [-0.2, 0) is 5.41 Å². The number of piperidine rings is 1. The van der Waals surface area contributed by atoms with Crippen molar-refractivity contribution >= 4 is 29.3 Å². The Morgan fingerprint density at radius 2 is 2.04 bits per heavy atom. The standard InChI is InChI=1S/C18H23Cl2NO3/c1-11(2)7-15(22)18-9-17(18,5-6-21(10-18)16(23)24)12-3-4-13(19)14(20)8-12/h3-4,8,11,15,22H,5-7,9-10H2,1-2H3,(H,23,24)/t15?,17-,18-/m0/s1. The molecule has 1 aliphatic heterocycles. The van der Waals surface area contributed by atoms with Crippen LogP contribution in [0.3, 0.4) is 0 Å². The third kappa shape index (κ3) is 2.69. The van der Waals surface area contributed by atoms with E-state index in [9.17, 15) is 15.0 Å². The third-order valence-electron chi connectivity index (χ3n) is 5.80. The van der Waals surface area contributed by atoms with E-state index in [1.807, 2.05) is 12.1 Å². The van der Waals surface area contributed by atoms with Gasteiger partial charge in [-0.1, -0.05) is 43.1 Å². The molecular weight excluding hydrogens is 349 g/mol. The van der Waals surface area contributed by atoms with Gasteiger partial charge < -0.3 is 15.1 Å². The molecule has 0 spiro atoms. The van der Waals surface area contributed by atoms with Gasteiger partial charge in [0, 0.05) is 23.9 Å². The Balaban J connectivity index is 1.97. The largest absolute Gasteiger partial charge is 0.465 e. The molecule has 1 aromatic carbocycles. The molecule has 2 aliphatic rings. The first-order valence-corrected chi connectivity index (χ1v) is 9.09. The van der Waals surface area contributed by atoms with Gasteiger partial charge in [0.1, 0.15) is 0 Å². The maximum Gasteiger partial charge on any atom is 0.407 e. The predicted octanol–water partition coefficient (Wildman–Crippen LogP) is 4.41. The fraction of sp³-hybridized carbons (Fsp3) is 0.611. The highest BCUT2D eigenvalue weighted by Gasteiger charge is 2.73. The molecule has 1 aromatic rings. The van der Waals surface area contributed by atoms with Crippen LogP contribution in [0.2, 0.25) is 10.0 Å².